The van der Waals surface area contributed by atoms with Crippen LogP contribution in [0, 0.1) is 10.1 Å². The summed E-state index contributed by atoms with van der Waals surface area (Å²) in [6, 6.07) is 9.91. The Hall–Kier alpha value is -3.57. The summed E-state index contributed by atoms with van der Waals surface area (Å²) in [4.78, 5) is 36.3. The largest absolute Gasteiger partial charge is 0.478 e. The Morgan fingerprint density at radius 1 is 1.13 bits per heavy atom. The van der Waals surface area contributed by atoms with Gasteiger partial charge in [0.2, 0.25) is 0 Å². The van der Waals surface area contributed by atoms with Crippen molar-refractivity contribution in [1.29, 1.82) is 0 Å². The maximum absolute atomic E-state index is 12.8. The van der Waals surface area contributed by atoms with Crippen LogP contribution in [0.2, 0.25) is 0 Å². The molecule has 0 bridgehead atoms. The number of nitro benzene ring substituents is 1. The molecule has 0 aliphatic carbocycles. The predicted octanol–water partition coefficient (Wildman–Crippen LogP) is 2.26. The molecule has 1 heterocycles. The highest BCUT2D eigenvalue weighted by Gasteiger charge is 2.22. The van der Waals surface area contributed by atoms with Crippen molar-refractivity contribution in [3.8, 4) is 0 Å². The van der Waals surface area contributed by atoms with Crippen molar-refractivity contribution in [2.75, 3.05) is 36.5 Å². The van der Waals surface area contributed by atoms with E-state index < -0.39 is 16.8 Å². The Kier molecular flexibility index (Phi) is 6.54. The zero-order valence-corrected chi connectivity index (χ0v) is 16.5. The zero-order valence-electron chi connectivity index (χ0n) is 15.7. The molecule has 0 atom stereocenters. The van der Waals surface area contributed by atoms with Crippen molar-refractivity contribution >= 4 is 46.3 Å². The average molecular weight is 430 g/mol. The molecule has 0 saturated carbocycles. The third kappa shape index (κ3) is 5.07. The first-order valence-corrected chi connectivity index (χ1v) is 9.33. The minimum atomic E-state index is -1.06. The number of hydrogen-bond donors (Lipinski definition) is 3. The van der Waals surface area contributed by atoms with Gasteiger partial charge in [0.05, 0.1) is 35.0 Å². The number of carbonyl (C=O) groups is 2. The Morgan fingerprint density at radius 3 is 2.40 bits per heavy atom. The molecule has 1 amide bonds. The van der Waals surface area contributed by atoms with Gasteiger partial charge in [0.1, 0.15) is 0 Å². The number of amides is 1. The molecule has 11 heteroatoms. The predicted molar refractivity (Wildman–Crippen MR) is 113 cm³/mol. The lowest BCUT2D eigenvalue weighted by molar-refractivity contribution is -0.384. The number of carboxylic acid groups (broad SMARTS) is 1. The van der Waals surface area contributed by atoms with Gasteiger partial charge in [-0.1, -0.05) is 0 Å². The number of thiocarbonyl (C=S) groups is 1. The topological polar surface area (TPSA) is 134 Å². The first-order chi connectivity index (χ1) is 14.3. The van der Waals surface area contributed by atoms with Gasteiger partial charge in [0.15, 0.2) is 5.11 Å². The van der Waals surface area contributed by atoms with Gasteiger partial charge in [-0.3, -0.25) is 20.2 Å². The highest BCUT2D eigenvalue weighted by Crippen LogP contribution is 2.26. The van der Waals surface area contributed by atoms with Crippen LogP contribution >= 0.6 is 12.2 Å². The molecule has 10 nitrogen and oxygen atoms in total. The lowest BCUT2D eigenvalue weighted by Crippen LogP contribution is -2.39. The number of nitrogens with one attached hydrogen (secondary N) is 2. The summed E-state index contributed by atoms with van der Waals surface area (Å²) in [5.74, 6) is -1.65. The molecule has 30 heavy (non-hydrogen) atoms. The highest BCUT2D eigenvalue weighted by molar-refractivity contribution is 7.80. The average Bonchev–Trinajstić information content (AvgIpc) is 2.74. The van der Waals surface area contributed by atoms with E-state index in [2.05, 4.69) is 10.6 Å². The third-order valence-electron chi connectivity index (χ3n) is 4.40. The number of nitro groups is 1. The molecule has 2 aromatic carbocycles. The number of carbonyl (C=O) groups excluding carboxylic acids is 1. The summed E-state index contributed by atoms with van der Waals surface area (Å²) in [6.07, 6.45) is 0. The molecule has 3 rings (SSSR count). The van der Waals surface area contributed by atoms with Crippen LogP contribution in [-0.4, -0.2) is 53.3 Å². The first-order valence-electron chi connectivity index (χ1n) is 8.92. The van der Waals surface area contributed by atoms with Crippen molar-refractivity contribution in [2.24, 2.45) is 0 Å². The van der Waals surface area contributed by atoms with Crippen molar-refractivity contribution in [1.82, 2.24) is 5.32 Å². The van der Waals surface area contributed by atoms with Gasteiger partial charge in [-0.05, 0) is 42.5 Å². The Bertz CT molecular complexity index is 989. The van der Waals surface area contributed by atoms with Gasteiger partial charge in [-0.2, -0.15) is 0 Å². The molecule has 2 aromatic rings. The van der Waals surface area contributed by atoms with Gasteiger partial charge < -0.3 is 20.1 Å². The maximum Gasteiger partial charge on any atom is 0.335 e. The minimum absolute atomic E-state index is 0.0255. The van der Waals surface area contributed by atoms with Crippen LogP contribution in [0.5, 0.6) is 0 Å². The Morgan fingerprint density at radius 2 is 1.80 bits per heavy atom. The Balaban J connectivity index is 1.77. The van der Waals surface area contributed by atoms with Gasteiger partial charge in [0.25, 0.3) is 11.6 Å². The first kappa shape index (κ1) is 21.1. The molecule has 156 valence electrons. The number of morpholine rings is 1. The molecule has 3 N–H and O–H groups in total. The van der Waals surface area contributed by atoms with Crippen LogP contribution in [0.25, 0.3) is 0 Å². The fourth-order valence-corrected chi connectivity index (χ4v) is 3.14. The van der Waals surface area contributed by atoms with E-state index >= 15 is 0 Å². The number of ether oxygens (including phenoxy) is 1. The van der Waals surface area contributed by atoms with Gasteiger partial charge in [0, 0.05) is 30.9 Å². The molecule has 1 aliphatic rings. The van der Waals surface area contributed by atoms with E-state index in [1.807, 2.05) is 4.90 Å². The lowest BCUT2D eigenvalue weighted by atomic mass is 10.1. The highest BCUT2D eigenvalue weighted by atomic mass is 32.1. The van der Waals surface area contributed by atoms with Crippen molar-refractivity contribution in [3.63, 3.8) is 0 Å². The van der Waals surface area contributed by atoms with Gasteiger partial charge >= 0.3 is 5.97 Å². The standard InChI is InChI=1S/C19H18N4O6S/c24-17(21-19(30)20-13-3-1-12(2-4-13)18(25)26)15-11-14(23(27)28)5-6-16(15)22-7-9-29-10-8-22/h1-6,11H,7-10H2,(H,25,26)(H2,20,21,24,30). The number of hydrogen-bond acceptors (Lipinski definition) is 7. The van der Waals surface area contributed by atoms with E-state index in [-0.39, 0.29) is 21.9 Å². The summed E-state index contributed by atoms with van der Waals surface area (Å²) in [5.41, 5.74) is 1.06. The van der Waals surface area contributed by atoms with Crippen LogP contribution in [-0.2, 0) is 4.74 Å². The van der Waals surface area contributed by atoms with Crippen molar-refractivity contribution in [2.45, 2.75) is 0 Å². The summed E-state index contributed by atoms with van der Waals surface area (Å²) < 4.78 is 5.32. The molecular weight excluding hydrogens is 412 g/mol. The second-order valence-electron chi connectivity index (χ2n) is 6.35. The number of aromatic carboxylic acids is 1. The van der Waals surface area contributed by atoms with Crippen LogP contribution in [0.1, 0.15) is 20.7 Å². The van der Waals surface area contributed by atoms with E-state index in [9.17, 15) is 19.7 Å². The fourth-order valence-electron chi connectivity index (χ4n) is 2.93. The number of rotatable bonds is 5. The quantitative estimate of drug-likeness (QED) is 0.371. The van der Waals surface area contributed by atoms with Gasteiger partial charge in [-0.25, -0.2) is 4.79 Å². The van der Waals surface area contributed by atoms with E-state index in [0.717, 1.165) is 0 Å². The number of anilines is 2. The summed E-state index contributed by atoms with van der Waals surface area (Å²) in [7, 11) is 0. The second-order valence-corrected chi connectivity index (χ2v) is 6.76. The van der Waals surface area contributed by atoms with Crippen molar-refractivity contribution < 1.29 is 24.4 Å². The monoisotopic (exact) mass is 430 g/mol. The molecule has 0 spiro atoms. The number of nitrogens with zero attached hydrogens (tertiary/aromatic N) is 2. The van der Waals surface area contributed by atoms with E-state index in [1.165, 1.54) is 36.4 Å². The molecule has 1 saturated heterocycles. The van der Waals surface area contributed by atoms with Crippen molar-refractivity contribution in [3.05, 3.63) is 63.7 Å². The van der Waals surface area contributed by atoms with Crippen LogP contribution in [0.3, 0.4) is 0 Å². The number of carboxylic acids is 1. The van der Waals surface area contributed by atoms with E-state index in [4.69, 9.17) is 22.1 Å². The molecule has 0 aromatic heterocycles. The minimum Gasteiger partial charge on any atom is -0.478 e. The third-order valence-corrected chi connectivity index (χ3v) is 4.61. The van der Waals surface area contributed by atoms with E-state index in [1.54, 1.807) is 6.07 Å². The summed E-state index contributed by atoms with van der Waals surface area (Å²) >= 11 is 5.15. The SMILES string of the molecule is O=C(O)c1ccc(NC(=S)NC(=O)c2cc([N+](=O)[O-])ccc2N2CCOCC2)cc1. The normalized spacial score (nSPS) is 13.4. The van der Waals surface area contributed by atoms with E-state index in [0.29, 0.717) is 37.7 Å². The molecule has 1 fully saturated rings. The number of benzene rings is 2. The second kappa shape index (κ2) is 9.29. The molecule has 1 aliphatic heterocycles. The van der Waals surface area contributed by atoms with Crippen LogP contribution < -0.4 is 15.5 Å². The number of non-ortho nitro benzene ring substituents is 1. The summed E-state index contributed by atoms with van der Waals surface area (Å²) in [5, 5.41) is 25.4. The molecule has 0 unspecified atom stereocenters. The van der Waals surface area contributed by atoms with Gasteiger partial charge in [-0.15, -0.1) is 0 Å². The smallest absolute Gasteiger partial charge is 0.335 e. The fraction of sp³-hybridized carbons (Fsp3) is 0.211. The maximum atomic E-state index is 12.8. The lowest BCUT2D eigenvalue weighted by Gasteiger charge is -2.30. The van der Waals surface area contributed by atoms with Crippen LogP contribution in [0.4, 0.5) is 17.1 Å². The zero-order chi connectivity index (χ0) is 21.7. The summed E-state index contributed by atoms with van der Waals surface area (Å²) in [6.45, 7) is 2.09. The molecular formula is C19H18N4O6S. The van der Waals surface area contributed by atoms with Crippen LogP contribution in [0.15, 0.2) is 42.5 Å². The molecule has 0 radical (unpaired) electrons. The Labute approximate surface area is 176 Å².